The van der Waals surface area contributed by atoms with Crippen molar-refractivity contribution >= 4 is 12.2 Å². The number of aldehydes is 1. The molecule has 2 aromatic rings. The summed E-state index contributed by atoms with van der Waals surface area (Å²) in [4.78, 5) is 29.4. The van der Waals surface area contributed by atoms with Gasteiger partial charge in [0, 0.05) is 37.3 Å². The topological polar surface area (TPSA) is 49.9 Å². The molecule has 0 radical (unpaired) electrons. The SMILES string of the molecule is CC1CN(C(=O)COc2cc(C(C)(C)C)c(C=O)c(C(C)(C)C)c2)C(C)CN1Cc1ccc(F)cc1. The highest BCUT2D eigenvalue weighted by molar-refractivity contribution is 5.82. The Bertz CT molecular complexity index is 1050. The third kappa shape index (κ3) is 6.52. The number of hydrogen-bond acceptors (Lipinski definition) is 4. The molecule has 0 bridgehead atoms. The molecule has 1 heterocycles. The Labute approximate surface area is 215 Å². The third-order valence-electron chi connectivity index (χ3n) is 6.98. The monoisotopic (exact) mass is 496 g/mol. The zero-order chi connectivity index (χ0) is 26.8. The minimum absolute atomic E-state index is 0.0328. The molecule has 1 aliphatic heterocycles. The van der Waals surface area contributed by atoms with E-state index in [1.165, 1.54) is 12.1 Å². The number of halogens is 1. The van der Waals surface area contributed by atoms with Crippen LogP contribution in [0.3, 0.4) is 0 Å². The summed E-state index contributed by atoms with van der Waals surface area (Å²) in [6.45, 7) is 18.6. The second-order valence-corrected chi connectivity index (χ2v) is 12.1. The summed E-state index contributed by atoms with van der Waals surface area (Å²) in [5.41, 5.74) is 3.11. The minimum atomic E-state index is -0.246. The number of piperazine rings is 1. The van der Waals surface area contributed by atoms with Gasteiger partial charge in [0.1, 0.15) is 11.6 Å². The van der Waals surface area contributed by atoms with Crippen molar-refractivity contribution in [3.05, 3.63) is 64.5 Å². The van der Waals surface area contributed by atoms with Crippen molar-refractivity contribution < 1.29 is 18.7 Å². The molecule has 1 saturated heterocycles. The van der Waals surface area contributed by atoms with E-state index in [-0.39, 0.29) is 41.2 Å². The van der Waals surface area contributed by atoms with Gasteiger partial charge in [-0.2, -0.15) is 0 Å². The molecule has 2 atom stereocenters. The number of carbonyl (C=O) groups is 2. The molecule has 0 aliphatic carbocycles. The lowest BCUT2D eigenvalue weighted by molar-refractivity contribution is -0.139. The summed E-state index contributed by atoms with van der Waals surface area (Å²) in [6.07, 6.45) is 0.935. The van der Waals surface area contributed by atoms with Gasteiger partial charge in [0.25, 0.3) is 5.91 Å². The van der Waals surface area contributed by atoms with Crippen molar-refractivity contribution in [2.75, 3.05) is 19.7 Å². The first kappa shape index (κ1) is 27.9. The van der Waals surface area contributed by atoms with E-state index in [9.17, 15) is 14.0 Å². The van der Waals surface area contributed by atoms with E-state index in [4.69, 9.17) is 4.74 Å². The maximum absolute atomic E-state index is 13.3. The van der Waals surface area contributed by atoms with Gasteiger partial charge in [0.15, 0.2) is 12.9 Å². The van der Waals surface area contributed by atoms with Crippen molar-refractivity contribution in [2.24, 2.45) is 0 Å². The van der Waals surface area contributed by atoms with E-state index in [0.29, 0.717) is 17.9 Å². The number of ether oxygens (including phenoxy) is 1. The van der Waals surface area contributed by atoms with E-state index < -0.39 is 0 Å². The Balaban J connectivity index is 1.72. The molecule has 3 rings (SSSR count). The maximum Gasteiger partial charge on any atom is 0.260 e. The fourth-order valence-electron chi connectivity index (χ4n) is 4.90. The number of rotatable bonds is 6. The summed E-state index contributed by atoms with van der Waals surface area (Å²) >= 11 is 0. The molecule has 2 unspecified atom stereocenters. The molecule has 1 amide bonds. The predicted octanol–water partition coefficient (Wildman–Crippen LogP) is 5.73. The largest absolute Gasteiger partial charge is 0.484 e. The summed E-state index contributed by atoms with van der Waals surface area (Å²) in [7, 11) is 0. The molecule has 0 N–H and O–H groups in total. The zero-order valence-electron chi connectivity index (χ0n) is 23.0. The van der Waals surface area contributed by atoms with Crippen LogP contribution in [0.25, 0.3) is 0 Å². The molecule has 2 aromatic carbocycles. The van der Waals surface area contributed by atoms with Gasteiger partial charge in [-0.15, -0.1) is 0 Å². The van der Waals surface area contributed by atoms with E-state index in [1.54, 1.807) is 0 Å². The van der Waals surface area contributed by atoms with Gasteiger partial charge in [-0.25, -0.2) is 4.39 Å². The highest BCUT2D eigenvalue weighted by atomic mass is 19.1. The van der Waals surface area contributed by atoms with Crippen LogP contribution in [0.1, 0.15) is 82.4 Å². The van der Waals surface area contributed by atoms with Crippen molar-refractivity contribution in [1.82, 2.24) is 9.80 Å². The van der Waals surface area contributed by atoms with Gasteiger partial charge in [-0.05, 0) is 65.6 Å². The summed E-state index contributed by atoms with van der Waals surface area (Å²) in [5.74, 6) is 0.324. The normalized spacial score (nSPS) is 19.3. The van der Waals surface area contributed by atoms with Crippen LogP contribution in [0.15, 0.2) is 36.4 Å². The molecule has 1 aliphatic rings. The molecule has 36 heavy (non-hydrogen) atoms. The van der Waals surface area contributed by atoms with Gasteiger partial charge in [0.05, 0.1) is 0 Å². The quantitative estimate of drug-likeness (QED) is 0.479. The molecule has 1 fully saturated rings. The fourth-order valence-corrected chi connectivity index (χ4v) is 4.90. The predicted molar refractivity (Wildman–Crippen MR) is 142 cm³/mol. The first-order chi connectivity index (χ1) is 16.7. The molecule has 6 heteroatoms. The smallest absolute Gasteiger partial charge is 0.260 e. The molecular formula is C30H41FN2O3. The molecule has 0 aromatic heterocycles. The Hall–Kier alpha value is -2.73. The van der Waals surface area contributed by atoms with Crippen LogP contribution < -0.4 is 4.74 Å². The van der Waals surface area contributed by atoms with Gasteiger partial charge in [0.2, 0.25) is 0 Å². The second-order valence-electron chi connectivity index (χ2n) is 12.1. The van der Waals surface area contributed by atoms with Crippen molar-refractivity contribution in [2.45, 2.75) is 84.8 Å². The number of benzene rings is 2. The van der Waals surface area contributed by atoms with E-state index in [2.05, 4.69) is 60.3 Å². The average molecular weight is 497 g/mol. The van der Waals surface area contributed by atoms with Crippen LogP contribution in [0.4, 0.5) is 4.39 Å². The van der Waals surface area contributed by atoms with Gasteiger partial charge in [-0.1, -0.05) is 53.7 Å². The van der Waals surface area contributed by atoms with Gasteiger partial charge < -0.3 is 9.64 Å². The van der Waals surface area contributed by atoms with Crippen molar-refractivity contribution in [3.63, 3.8) is 0 Å². The first-order valence-electron chi connectivity index (χ1n) is 12.8. The van der Waals surface area contributed by atoms with E-state index >= 15 is 0 Å². The maximum atomic E-state index is 13.3. The van der Waals surface area contributed by atoms with Crippen LogP contribution in [-0.4, -0.2) is 53.8 Å². The molecule has 0 saturated carbocycles. The third-order valence-corrected chi connectivity index (χ3v) is 6.98. The number of amides is 1. The van der Waals surface area contributed by atoms with Gasteiger partial charge in [-0.3, -0.25) is 14.5 Å². The Morgan fingerprint density at radius 3 is 2.03 bits per heavy atom. The van der Waals surface area contributed by atoms with Crippen LogP contribution >= 0.6 is 0 Å². The summed E-state index contributed by atoms with van der Waals surface area (Å²) in [6, 6.07) is 10.6. The molecule has 5 nitrogen and oxygen atoms in total. The Kier molecular flexibility index (Phi) is 8.29. The first-order valence-corrected chi connectivity index (χ1v) is 12.8. The Morgan fingerprint density at radius 1 is 0.972 bits per heavy atom. The van der Waals surface area contributed by atoms with Gasteiger partial charge >= 0.3 is 0 Å². The molecule has 196 valence electrons. The zero-order valence-corrected chi connectivity index (χ0v) is 23.0. The van der Waals surface area contributed by atoms with E-state index in [1.807, 2.05) is 29.2 Å². The number of nitrogens with zero attached hydrogens (tertiary/aromatic N) is 2. The number of carbonyl (C=O) groups excluding carboxylic acids is 2. The van der Waals surface area contributed by atoms with Crippen molar-refractivity contribution in [3.8, 4) is 5.75 Å². The minimum Gasteiger partial charge on any atom is -0.484 e. The van der Waals surface area contributed by atoms with Crippen LogP contribution in [0.5, 0.6) is 5.75 Å². The molecular weight excluding hydrogens is 455 g/mol. The lowest BCUT2D eigenvalue weighted by Gasteiger charge is -2.44. The number of hydrogen-bond donors (Lipinski definition) is 0. The lowest BCUT2D eigenvalue weighted by atomic mass is 9.76. The highest BCUT2D eigenvalue weighted by Crippen LogP contribution is 2.36. The fraction of sp³-hybridized carbons (Fsp3) is 0.533. The summed E-state index contributed by atoms with van der Waals surface area (Å²) in [5, 5.41) is 0. The van der Waals surface area contributed by atoms with Crippen LogP contribution in [0.2, 0.25) is 0 Å². The summed E-state index contributed by atoms with van der Waals surface area (Å²) < 4.78 is 19.3. The Morgan fingerprint density at radius 2 is 1.53 bits per heavy atom. The van der Waals surface area contributed by atoms with Crippen molar-refractivity contribution in [1.29, 1.82) is 0 Å². The lowest BCUT2D eigenvalue weighted by Crippen LogP contribution is -2.58. The standard InChI is InChI=1S/C30H41FN2O3/c1-20-16-33(21(2)15-32(20)17-22-9-11-23(31)12-10-22)28(35)19-36-24-13-26(29(3,4)5)25(18-34)27(14-24)30(6,7)8/h9-14,18,20-21H,15-17,19H2,1-8H3. The molecule has 0 spiro atoms. The van der Waals surface area contributed by atoms with Crippen LogP contribution in [0, 0.1) is 5.82 Å². The highest BCUT2D eigenvalue weighted by Gasteiger charge is 2.32. The average Bonchev–Trinajstić information content (AvgIpc) is 2.79. The van der Waals surface area contributed by atoms with E-state index in [0.717, 1.165) is 36.1 Å². The second kappa shape index (κ2) is 10.7. The van der Waals surface area contributed by atoms with Crippen LogP contribution in [-0.2, 0) is 22.2 Å².